The van der Waals surface area contributed by atoms with Gasteiger partial charge in [0.2, 0.25) is 0 Å². The summed E-state index contributed by atoms with van der Waals surface area (Å²) >= 11 is 1.07. The molecule has 23 heavy (non-hydrogen) atoms. The molecule has 0 aromatic carbocycles. The molecule has 0 amide bonds. The zero-order valence-electron chi connectivity index (χ0n) is 12.9. The van der Waals surface area contributed by atoms with Crippen LogP contribution in [0.3, 0.4) is 0 Å². The molecular formula is C14H20N2O5S2. The molecule has 1 saturated heterocycles. The van der Waals surface area contributed by atoms with Gasteiger partial charge in [0.05, 0.1) is 11.7 Å². The first kappa shape index (κ1) is 16.8. The first-order valence-electron chi connectivity index (χ1n) is 7.57. The Kier molecular flexibility index (Phi) is 4.75. The fraction of sp³-hybridized carbons (Fsp3) is 0.643. The summed E-state index contributed by atoms with van der Waals surface area (Å²) < 4.78 is 32.4. The van der Waals surface area contributed by atoms with Crippen LogP contribution >= 0.6 is 11.3 Å². The molecule has 3 heterocycles. The van der Waals surface area contributed by atoms with Crippen molar-refractivity contribution in [2.24, 2.45) is 0 Å². The number of rotatable bonds is 5. The molecule has 0 aliphatic carbocycles. The normalized spacial score (nSPS) is 21.6. The highest BCUT2D eigenvalue weighted by Gasteiger charge is 2.35. The highest BCUT2D eigenvalue weighted by atomic mass is 32.2. The number of nitrogens with zero attached hydrogens (tertiary/aromatic N) is 1. The van der Waals surface area contributed by atoms with Crippen LogP contribution in [0.4, 0.5) is 0 Å². The first-order chi connectivity index (χ1) is 10.9. The molecule has 1 atom stereocenters. The summed E-state index contributed by atoms with van der Waals surface area (Å²) in [5.74, 6) is -1.17. The predicted octanol–water partition coefficient (Wildman–Crippen LogP) is 0.892. The lowest BCUT2D eigenvalue weighted by Crippen LogP contribution is -2.34. The number of nitrogens with one attached hydrogen (secondary N) is 1. The van der Waals surface area contributed by atoms with Crippen molar-refractivity contribution in [3.05, 3.63) is 16.0 Å². The van der Waals surface area contributed by atoms with Crippen molar-refractivity contribution < 1.29 is 23.1 Å². The predicted molar refractivity (Wildman–Crippen MR) is 85.5 cm³/mol. The van der Waals surface area contributed by atoms with Crippen LogP contribution in [0.15, 0.2) is 4.21 Å². The number of sulfonamides is 1. The van der Waals surface area contributed by atoms with Crippen molar-refractivity contribution in [3.63, 3.8) is 0 Å². The molecular weight excluding hydrogens is 340 g/mol. The van der Waals surface area contributed by atoms with E-state index in [1.807, 2.05) is 0 Å². The van der Waals surface area contributed by atoms with E-state index in [4.69, 9.17) is 4.74 Å². The van der Waals surface area contributed by atoms with Crippen LogP contribution in [0, 0.1) is 0 Å². The van der Waals surface area contributed by atoms with E-state index >= 15 is 0 Å². The molecule has 1 aromatic heterocycles. The zero-order chi connectivity index (χ0) is 16.6. The number of likely N-dealkylation sites (N-methyl/N-ethyl adjacent to an activating group) is 1. The Morgan fingerprint density at radius 2 is 2.30 bits per heavy atom. The monoisotopic (exact) mass is 360 g/mol. The fourth-order valence-corrected chi connectivity index (χ4v) is 6.28. The summed E-state index contributed by atoms with van der Waals surface area (Å²) in [6.45, 7) is 2.08. The van der Waals surface area contributed by atoms with Crippen LogP contribution in [0.2, 0.25) is 0 Å². The Labute approximate surface area is 139 Å². The molecule has 9 heteroatoms. The van der Waals surface area contributed by atoms with E-state index in [-0.39, 0.29) is 22.4 Å². The third-order valence-electron chi connectivity index (χ3n) is 4.24. The van der Waals surface area contributed by atoms with Gasteiger partial charge in [-0.2, -0.15) is 4.31 Å². The summed E-state index contributed by atoms with van der Waals surface area (Å²) in [6.07, 6.45) is 2.19. The van der Waals surface area contributed by atoms with E-state index in [2.05, 4.69) is 5.32 Å². The van der Waals surface area contributed by atoms with Crippen molar-refractivity contribution >= 4 is 27.3 Å². The third kappa shape index (κ3) is 3.16. The van der Waals surface area contributed by atoms with Gasteiger partial charge in [-0.3, -0.25) is 0 Å². The lowest BCUT2D eigenvalue weighted by atomic mass is 10.1. The Morgan fingerprint density at radius 3 is 2.96 bits per heavy atom. The second-order valence-corrected chi connectivity index (χ2v) is 9.16. The van der Waals surface area contributed by atoms with Gasteiger partial charge in [0.1, 0.15) is 4.21 Å². The van der Waals surface area contributed by atoms with Gasteiger partial charge in [-0.05, 0) is 31.4 Å². The fourth-order valence-electron chi connectivity index (χ4n) is 3.02. The Hall–Kier alpha value is -1.00. The molecule has 0 saturated carbocycles. The van der Waals surface area contributed by atoms with Gasteiger partial charge in [-0.1, -0.05) is 0 Å². The van der Waals surface area contributed by atoms with E-state index in [0.717, 1.165) is 29.1 Å². The summed E-state index contributed by atoms with van der Waals surface area (Å²) in [4.78, 5) is 12.5. The number of hydrogen-bond acceptors (Lipinski definition) is 6. The van der Waals surface area contributed by atoms with Gasteiger partial charge in [0.15, 0.2) is 0 Å². The molecule has 1 aromatic rings. The third-order valence-corrected chi connectivity index (χ3v) is 7.79. The maximum Gasteiger partial charge on any atom is 0.338 e. The van der Waals surface area contributed by atoms with Crippen LogP contribution < -0.4 is 5.32 Å². The highest BCUT2D eigenvalue weighted by molar-refractivity contribution is 7.91. The minimum atomic E-state index is -3.83. The minimum absolute atomic E-state index is 0.0503. The van der Waals surface area contributed by atoms with Crippen molar-refractivity contribution in [3.8, 4) is 0 Å². The molecule has 0 spiro atoms. The summed E-state index contributed by atoms with van der Waals surface area (Å²) in [6, 6.07) is 0. The summed E-state index contributed by atoms with van der Waals surface area (Å²) in [5.41, 5.74) is 0.607. The largest absolute Gasteiger partial charge is 0.478 e. The molecule has 2 aliphatic heterocycles. The maximum atomic E-state index is 12.9. The van der Waals surface area contributed by atoms with Gasteiger partial charge in [0.25, 0.3) is 10.0 Å². The van der Waals surface area contributed by atoms with E-state index in [0.29, 0.717) is 31.7 Å². The van der Waals surface area contributed by atoms with Crippen LogP contribution in [0.5, 0.6) is 0 Å². The average molecular weight is 360 g/mol. The van der Waals surface area contributed by atoms with Gasteiger partial charge >= 0.3 is 5.97 Å². The Bertz CT molecular complexity index is 707. The average Bonchev–Trinajstić information content (AvgIpc) is 3.13. The van der Waals surface area contributed by atoms with Gasteiger partial charge in [-0.25, -0.2) is 13.2 Å². The molecule has 0 bridgehead atoms. The van der Waals surface area contributed by atoms with Crippen molar-refractivity contribution in [2.75, 3.05) is 26.7 Å². The molecule has 1 fully saturated rings. The van der Waals surface area contributed by atoms with Crippen LogP contribution in [-0.2, 0) is 27.7 Å². The Morgan fingerprint density at radius 1 is 1.52 bits per heavy atom. The van der Waals surface area contributed by atoms with Crippen LogP contribution in [-0.4, -0.2) is 56.6 Å². The van der Waals surface area contributed by atoms with Gasteiger partial charge in [-0.15, -0.1) is 11.3 Å². The molecule has 0 unspecified atom stereocenters. The van der Waals surface area contributed by atoms with E-state index in [1.54, 1.807) is 0 Å². The van der Waals surface area contributed by atoms with Crippen molar-refractivity contribution in [1.82, 2.24) is 9.62 Å². The molecule has 0 radical (unpaired) electrons. The minimum Gasteiger partial charge on any atom is -0.478 e. The first-order valence-corrected chi connectivity index (χ1v) is 9.83. The maximum absolute atomic E-state index is 12.9. The number of aromatic carboxylic acids is 1. The summed E-state index contributed by atoms with van der Waals surface area (Å²) in [7, 11) is -2.35. The van der Waals surface area contributed by atoms with Gasteiger partial charge in [0, 0.05) is 31.6 Å². The number of carbonyl (C=O) groups is 1. The standard InChI is InChI=1S/C14H20N2O5S2/c1-16(8-9-3-2-6-21-9)23(19,20)14-12(13(17)18)10-4-5-15-7-11(10)22-14/h9,15H,2-8H2,1H3,(H,17,18)/t9-/m0/s1. The number of thiophene rings is 1. The van der Waals surface area contributed by atoms with Crippen molar-refractivity contribution in [1.29, 1.82) is 0 Å². The Balaban J connectivity index is 1.95. The smallest absolute Gasteiger partial charge is 0.338 e. The quantitative estimate of drug-likeness (QED) is 0.810. The second kappa shape index (κ2) is 6.48. The van der Waals surface area contributed by atoms with Crippen LogP contribution in [0.1, 0.15) is 33.6 Å². The lowest BCUT2D eigenvalue weighted by molar-refractivity contribution is 0.0692. The molecule has 2 aliphatic rings. The molecule has 7 nitrogen and oxygen atoms in total. The van der Waals surface area contributed by atoms with E-state index in [9.17, 15) is 18.3 Å². The van der Waals surface area contributed by atoms with E-state index < -0.39 is 16.0 Å². The molecule has 128 valence electrons. The molecule has 3 rings (SSSR count). The number of carboxylic acid groups (broad SMARTS) is 1. The summed E-state index contributed by atoms with van der Waals surface area (Å²) in [5, 5.41) is 12.7. The van der Waals surface area contributed by atoms with Crippen LogP contribution in [0.25, 0.3) is 0 Å². The van der Waals surface area contributed by atoms with E-state index in [1.165, 1.54) is 11.4 Å². The lowest BCUT2D eigenvalue weighted by Gasteiger charge is -2.20. The topological polar surface area (TPSA) is 95.9 Å². The number of carboxylic acids is 1. The van der Waals surface area contributed by atoms with Gasteiger partial charge < -0.3 is 15.2 Å². The molecule has 2 N–H and O–H groups in total. The zero-order valence-corrected chi connectivity index (χ0v) is 14.5. The SMILES string of the molecule is CN(C[C@@H]1CCCO1)S(=O)(=O)c1sc2c(c1C(=O)O)CCNC2. The number of ether oxygens (including phenoxy) is 1. The van der Waals surface area contributed by atoms with Crippen molar-refractivity contribution in [2.45, 2.75) is 36.1 Å². The number of hydrogen-bond donors (Lipinski definition) is 2. The number of fused-ring (bicyclic) bond motifs is 1. The second-order valence-electron chi connectivity index (χ2n) is 5.82. The highest BCUT2D eigenvalue weighted by Crippen LogP contribution is 2.36.